The normalized spacial score (nSPS) is 16.4. The smallest absolute Gasteiger partial charge is 0.453 e. The molecule has 1 aromatic carbocycles. The summed E-state index contributed by atoms with van der Waals surface area (Å²) in [7, 11) is -2.55. The maximum Gasteiger partial charge on any atom is 0.573 e. The molecule has 1 aromatic rings. The monoisotopic (exact) mass is 396 g/mol. The molecule has 1 saturated heterocycles. The van der Waals surface area contributed by atoms with Gasteiger partial charge in [0.25, 0.3) is 0 Å². The zero-order chi connectivity index (χ0) is 19.4. The average Bonchev–Trinajstić information content (AvgIpc) is 2.59. The van der Waals surface area contributed by atoms with Crippen LogP contribution in [0, 0.1) is 5.92 Å². The number of benzene rings is 1. The van der Waals surface area contributed by atoms with E-state index in [2.05, 4.69) is 14.2 Å². The third-order valence-corrected chi connectivity index (χ3v) is 5.42. The van der Waals surface area contributed by atoms with Gasteiger partial charge in [-0.25, -0.2) is 17.9 Å². The van der Waals surface area contributed by atoms with Crippen LogP contribution in [0.2, 0.25) is 0 Å². The molecule has 11 heteroatoms. The van der Waals surface area contributed by atoms with E-state index in [0.29, 0.717) is 25.9 Å². The van der Waals surface area contributed by atoms with Crippen LogP contribution < -0.4 is 9.46 Å². The molecule has 0 bridgehead atoms. The van der Waals surface area contributed by atoms with Crippen LogP contribution in [-0.4, -0.2) is 52.5 Å². The number of amides is 1. The Hall–Kier alpha value is -2.01. The van der Waals surface area contributed by atoms with Crippen molar-refractivity contribution in [3.8, 4) is 5.75 Å². The standard InChI is InChI=1S/C15H19F3N2O5S/c1-24-14(21)20-8-6-11(7-9-20)10-19-26(22,23)13-4-2-12(3-5-13)25-15(16,17)18/h2-5,11,19H,6-10H2,1H3. The predicted octanol–water partition coefficient (Wildman–Crippen LogP) is 2.34. The highest BCUT2D eigenvalue weighted by Gasteiger charge is 2.31. The first kappa shape index (κ1) is 20.3. The highest BCUT2D eigenvalue weighted by atomic mass is 32.2. The van der Waals surface area contributed by atoms with Crippen LogP contribution >= 0.6 is 0 Å². The first-order chi connectivity index (χ1) is 12.1. The number of halogens is 3. The van der Waals surface area contributed by atoms with Crippen molar-refractivity contribution in [3.05, 3.63) is 24.3 Å². The fourth-order valence-corrected chi connectivity index (χ4v) is 3.70. The number of likely N-dealkylation sites (tertiary alicyclic amines) is 1. The number of carbonyl (C=O) groups is 1. The van der Waals surface area contributed by atoms with Gasteiger partial charge in [-0.2, -0.15) is 0 Å². The summed E-state index contributed by atoms with van der Waals surface area (Å²) < 4.78 is 71.6. The number of nitrogens with zero attached hydrogens (tertiary/aromatic N) is 1. The minimum Gasteiger partial charge on any atom is -0.453 e. The second kappa shape index (κ2) is 8.12. The summed E-state index contributed by atoms with van der Waals surface area (Å²) in [6.07, 6.45) is -4.01. The van der Waals surface area contributed by atoms with E-state index in [1.165, 1.54) is 7.11 Å². The summed E-state index contributed by atoms with van der Waals surface area (Å²) >= 11 is 0. The van der Waals surface area contributed by atoms with Gasteiger partial charge >= 0.3 is 12.5 Å². The molecule has 1 heterocycles. The molecule has 1 N–H and O–H groups in total. The van der Waals surface area contributed by atoms with E-state index in [0.717, 1.165) is 24.3 Å². The maximum atomic E-state index is 12.2. The summed E-state index contributed by atoms with van der Waals surface area (Å²) in [6, 6.07) is 3.97. The van der Waals surface area contributed by atoms with Gasteiger partial charge in [-0.05, 0) is 43.0 Å². The molecule has 0 aromatic heterocycles. The largest absolute Gasteiger partial charge is 0.573 e. The fourth-order valence-electron chi connectivity index (χ4n) is 2.58. The molecule has 0 aliphatic carbocycles. The number of piperidine rings is 1. The van der Waals surface area contributed by atoms with Gasteiger partial charge in [-0.1, -0.05) is 0 Å². The van der Waals surface area contributed by atoms with Crippen molar-refractivity contribution in [2.75, 3.05) is 26.7 Å². The van der Waals surface area contributed by atoms with Crippen molar-refractivity contribution in [1.82, 2.24) is 9.62 Å². The Balaban J connectivity index is 1.88. The zero-order valence-corrected chi connectivity index (χ0v) is 14.8. The topological polar surface area (TPSA) is 84.9 Å². The van der Waals surface area contributed by atoms with Crippen molar-refractivity contribution in [2.24, 2.45) is 5.92 Å². The molecular weight excluding hydrogens is 377 g/mol. The van der Waals surface area contributed by atoms with E-state index in [1.54, 1.807) is 4.90 Å². The molecule has 0 radical (unpaired) electrons. The van der Waals surface area contributed by atoms with Crippen LogP contribution in [0.4, 0.5) is 18.0 Å². The van der Waals surface area contributed by atoms with Crippen molar-refractivity contribution >= 4 is 16.1 Å². The van der Waals surface area contributed by atoms with Crippen LogP contribution in [0.5, 0.6) is 5.75 Å². The Bertz CT molecular complexity index is 714. The third kappa shape index (κ3) is 5.77. The van der Waals surface area contributed by atoms with E-state index >= 15 is 0 Å². The number of rotatable bonds is 5. The summed E-state index contributed by atoms with van der Waals surface area (Å²) in [6.45, 7) is 1.13. The highest BCUT2D eigenvalue weighted by molar-refractivity contribution is 7.89. The molecule has 0 spiro atoms. The van der Waals surface area contributed by atoms with Gasteiger partial charge < -0.3 is 14.4 Å². The fraction of sp³-hybridized carbons (Fsp3) is 0.533. The first-order valence-electron chi connectivity index (χ1n) is 7.79. The Kier molecular flexibility index (Phi) is 6.34. The van der Waals surface area contributed by atoms with Crippen molar-refractivity contribution in [3.63, 3.8) is 0 Å². The number of methoxy groups -OCH3 is 1. The van der Waals surface area contributed by atoms with Crippen molar-refractivity contribution in [2.45, 2.75) is 24.1 Å². The molecule has 146 valence electrons. The highest BCUT2D eigenvalue weighted by Crippen LogP contribution is 2.24. The second-order valence-electron chi connectivity index (χ2n) is 5.77. The Morgan fingerprint density at radius 2 is 1.81 bits per heavy atom. The number of alkyl halides is 3. The Morgan fingerprint density at radius 1 is 1.23 bits per heavy atom. The molecule has 2 rings (SSSR count). The molecule has 1 aliphatic rings. The molecule has 7 nitrogen and oxygen atoms in total. The van der Waals surface area contributed by atoms with Gasteiger partial charge in [0.05, 0.1) is 12.0 Å². The average molecular weight is 396 g/mol. The maximum absolute atomic E-state index is 12.2. The molecule has 1 fully saturated rings. The third-order valence-electron chi connectivity index (χ3n) is 3.98. The number of nitrogens with one attached hydrogen (secondary N) is 1. The molecule has 1 aliphatic heterocycles. The van der Waals surface area contributed by atoms with E-state index in [-0.39, 0.29) is 17.4 Å². The van der Waals surface area contributed by atoms with Crippen LogP contribution in [-0.2, 0) is 14.8 Å². The van der Waals surface area contributed by atoms with Gasteiger partial charge in [0.15, 0.2) is 0 Å². The zero-order valence-electron chi connectivity index (χ0n) is 14.0. The van der Waals surface area contributed by atoms with Crippen LogP contribution in [0.1, 0.15) is 12.8 Å². The summed E-state index contributed by atoms with van der Waals surface area (Å²) in [4.78, 5) is 12.8. The van der Waals surface area contributed by atoms with Crippen LogP contribution in [0.25, 0.3) is 0 Å². The van der Waals surface area contributed by atoms with Gasteiger partial charge in [0, 0.05) is 19.6 Å². The minimum absolute atomic E-state index is 0.0542. The van der Waals surface area contributed by atoms with Crippen LogP contribution in [0.15, 0.2) is 29.2 Å². The number of hydrogen-bond acceptors (Lipinski definition) is 5. The summed E-state index contributed by atoms with van der Waals surface area (Å²) in [5.74, 6) is -0.440. The number of ether oxygens (including phenoxy) is 2. The second-order valence-corrected chi connectivity index (χ2v) is 7.54. The SMILES string of the molecule is COC(=O)N1CCC(CNS(=O)(=O)c2ccc(OC(F)(F)F)cc2)CC1. The lowest BCUT2D eigenvalue weighted by Crippen LogP contribution is -2.41. The molecule has 0 atom stereocenters. The quantitative estimate of drug-likeness (QED) is 0.826. The molecule has 26 heavy (non-hydrogen) atoms. The van der Waals surface area contributed by atoms with Gasteiger partial charge in [0.1, 0.15) is 5.75 Å². The number of hydrogen-bond donors (Lipinski definition) is 1. The molecular formula is C15H19F3N2O5S. The molecule has 0 saturated carbocycles. The van der Waals surface area contributed by atoms with E-state index < -0.39 is 28.2 Å². The minimum atomic E-state index is -4.84. The van der Waals surface area contributed by atoms with Crippen molar-refractivity contribution < 1.29 is 35.9 Å². The lowest BCUT2D eigenvalue weighted by Gasteiger charge is -2.30. The Labute approximate surface area is 149 Å². The molecule has 0 unspecified atom stereocenters. The molecule has 1 amide bonds. The van der Waals surface area contributed by atoms with Crippen LogP contribution in [0.3, 0.4) is 0 Å². The summed E-state index contributed by atoms with van der Waals surface area (Å²) in [5.41, 5.74) is 0. The first-order valence-corrected chi connectivity index (χ1v) is 9.27. The van der Waals surface area contributed by atoms with Gasteiger partial charge in [-0.15, -0.1) is 13.2 Å². The van der Waals surface area contributed by atoms with E-state index in [4.69, 9.17) is 0 Å². The van der Waals surface area contributed by atoms with Gasteiger partial charge in [-0.3, -0.25) is 0 Å². The lowest BCUT2D eigenvalue weighted by molar-refractivity contribution is -0.274. The predicted molar refractivity (Wildman–Crippen MR) is 85.0 cm³/mol. The Morgan fingerprint density at radius 3 is 2.31 bits per heavy atom. The summed E-state index contributed by atoms with van der Waals surface area (Å²) in [5, 5.41) is 0. The van der Waals surface area contributed by atoms with Crippen molar-refractivity contribution in [1.29, 1.82) is 0 Å². The number of carbonyl (C=O) groups excluding carboxylic acids is 1. The van der Waals surface area contributed by atoms with Gasteiger partial charge in [0.2, 0.25) is 10.0 Å². The van der Waals surface area contributed by atoms with E-state index in [1.807, 2.05) is 0 Å². The van der Waals surface area contributed by atoms with E-state index in [9.17, 15) is 26.4 Å². The number of sulfonamides is 1. The lowest BCUT2D eigenvalue weighted by atomic mass is 9.97.